The lowest BCUT2D eigenvalue weighted by atomic mass is 10.0. The van der Waals surface area contributed by atoms with Crippen molar-refractivity contribution in [1.29, 1.82) is 0 Å². The summed E-state index contributed by atoms with van der Waals surface area (Å²) in [5.41, 5.74) is 9.59. The lowest BCUT2D eigenvalue weighted by Gasteiger charge is -2.10. The van der Waals surface area contributed by atoms with Crippen molar-refractivity contribution in [2.45, 2.75) is 0 Å². The highest BCUT2D eigenvalue weighted by Gasteiger charge is 2.22. The molecule has 0 aliphatic carbocycles. The van der Waals surface area contributed by atoms with Gasteiger partial charge in [0.25, 0.3) is 0 Å². The molecule has 4 heteroatoms. The number of hydrogen-bond acceptors (Lipinski definition) is 3. The summed E-state index contributed by atoms with van der Waals surface area (Å²) in [4.78, 5) is 10.3. The minimum Gasteiger partial charge on any atom is -0.453 e. The van der Waals surface area contributed by atoms with Gasteiger partial charge in [0.2, 0.25) is 0 Å². The third-order valence-corrected chi connectivity index (χ3v) is 9.40. The van der Waals surface area contributed by atoms with Crippen molar-refractivity contribution < 1.29 is 4.42 Å². The highest BCUT2D eigenvalue weighted by molar-refractivity contribution is 6.22. The van der Waals surface area contributed by atoms with Crippen molar-refractivity contribution >= 4 is 54.5 Å². The predicted molar refractivity (Wildman–Crippen MR) is 197 cm³/mol. The number of aromatic nitrogens is 3. The van der Waals surface area contributed by atoms with Crippen molar-refractivity contribution in [3.8, 4) is 39.6 Å². The number of benzene rings is 7. The van der Waals surface area contributed by atoms with Crippen molar-refractivity contribution in [2.75, 3.05) is 0 Å². The van der Waals surface area contributed by atoms with Crippen molar-refractivity contribution in [1.82, 2.24) is 14.5 Å². The first kappa shape index (κ1) is 26.7. The largest absolute Gasteiger partial charge is 0.453 e. The van der Waals surface area contributed by atoms with E-state index in [-0.39, 0.29) is 0 Å². The van der Waals surface area contributed by atoms with Gasteiger partial charge >= 0.3 is 0 Å². The highest BCUT2D eigenvalue weighted by Crippen LogP contribution is 2.42. The number of nitrogens with zero attached hydrogens (tertiary/aromatic N) is 3. The molecule has 0 fully saturated rings. The summed E-state index contributed by atoms with van der Waals surface area (Å²) in [5, 5.41) is 6.86. The SMILES string of the molecule is c1ccc(-c2cc(-c3ccccc3)nc(-c3cccc4c3oc3c4ccc4c5ccccc5n(-c5ccc6ccccc6c5)c43)n2)cc1. The normalized spacial score (nSPS) is 11.8. The average Bonchev–Trinajstić information content (AvgIpc) is 3.71. The number of rotatable bonds is 4. The maximum Gasteiger partial charge on any atom is 0.164 e. The van der Waals surface area contributed by atoms with Crippen LogP contribution in [0.5, 0.6) is 0 Å². The lowest BCUT2D eigenvalue weighted by molar-refractivity contribution is 0.671. The van der Waals surface area contributed by atoms with Crippen LogP contribution < -0.4 is 0 Å². The van der Waals surface area contributed by atoms with Crippen LogP contribution >= 0.6 is 0 Å². The molecule has 0 radical (unpaired) electrons. The first-order valence-corrected chi connectivity index (χ1v) is 16.2. The molecular weight excluding hydrogens is 587 g/mol. The topological polar surface area (TPSA) is 43.9 Å². The Balaban J connectivity index is 1.27. The van der Waals surface area contributed by atoms with Crippen LogP contribution in [0.3, 0.4) is 0 Å². The van der Waals surface area contributed by atoms with E-state index in [4.69, 9.17) is 14.4 Å². The number of hydrogen-bond donors (Lipinski definition) is 0. The molecule has 7 aromatic carbocycles. The Kier molecular flexibility index (Phi) is 5.84. The molecule has 0 N–H and O–H groups in total. The van der Waals surface area contributed by atoms with Crippen LogP contribution in [0.4, 0.5) is 0 Å². The quantitative estimate of drug-likeness (QED) is 0.198. The summed E-state index contributed by atoms with van der Waals surface area (Å²) < 4.78 is 9.37. The van der Waals surface area contributed by atoms with Gasteiger partial charge in [-0.25, -0.2) is 9.97 Å². The molecule has 48 heavy (non-hydrogen) atoms. The van der Waals surface area contributed by atoms with Gasteiger partial charge in [-0.15, -0.1) is 0 Å². The van der Waals surface area contributed by atoms with Gasteiger partial charge < -0.3 is 8.98 Å². The predicted octanol–water partition coefficient (Wildman–Crippen LogP) is 11.6. The zero-order chi connectivity index (χ0) is 31.6. The summed E-state index contributed by atoms with van der Waals surface area (Å²) in [6, 6.07) is 57.1. The fourth-order valence-corrected chi connectivity index (χ4v) is 7.15. The molecule has 0 aliphatic rings. The molecule has 4 nitrogen and oxygen atoms in total. The van der Waals surface area contributed by atoms with Crippen LogP contribution in [0.2, 0.25) is 0 Å². The molecule has 0 atom stereocenters. The molecule has 0 unspecified atom stereocenters. The molecule has 0 saturated heterocycles. The van der Waals surface area contributed by atoms with E-state index in [9.17, 15) is 0 Å². The second kappa shape index (κ2) is 10.5. The molecule has 10 rings (SSSR count). The zero-order valence-corrected chi connectivity index (χ0v) is 25.8. The molecule has 224 valence electrons. The van der Waals surface area contributed by atoms with Gasteiger partial charge in [-0.3, -0.25) is 0 Å². The molecule has 3 heterocycles. The van der Waals surface area contributed by atoms with Gasteiger partial charge in [-0.1, -0.05) is 127 Å². The van der Waals surface area contributed by atoms with Gasteiger partial charge in [0, 0.05) is 38.4 Å². The van der Waals surface area contributed by atoms with Crippen molar-refractivity contribution in [3.63, 3.8) is 0 Å². The van der Waals surface area contributed by atoms with E-state index >= 15 is 0 Å². The third-order valence-electron chi connectivity index (χ3n) is 9.40. The maximum absolute atomic E-state index is 7.02. The van der Waals surface area contributed by atoms with Gasteiger partial charge in [0.15, 0.2) is 11.4 Å². The molecule has 10 aromatic rings. The fourth-order valence-electron chi connectivity index (χ4n) is 7.15. The number of furan rings is 1. The maximum atomic E-state index is 7.02. The highest BCUT2D eigenvalue weighted by atomic mass is 16.3. The van der Waals surface area contributed by atoms with Crippen molar-refractivity contribution in [3.05, 3.63) is 164 Å². The second-order valence-corrected chi connectivity index (χ2v) is 12.2. The molecule has 0 bridgehead atoms. The van der Waals surface area contributed by atoms with Crippen LogP contribution in [0, 0.1) is 0 Å². The van der Waals surface area contributed by atoms with E-state index in [1.54, 1.807) is 0 Å². The van der Waals surface area contributed by atoms with E-state index < -0.39 is 0 Å². The summed E-state index contributed by atoms with van der Waals surface area (Å²) >= 11 is 0. The monoisotopic (exact) mass is 613 g/mol. The van der Waals surface area contributed by atoms with E-state index in [0.29, 0.717) is 5.82 Å². The van der Waals surface area contributed by atoms with Gasteiger partial charge in [-0.2, -0.15) is 0 Å². The number of para-hydroxylation sites is 2. The van der Waals surface area contributed by atoms with Crippen LogP contribution in [-0.2, 0) is 0 Å². The first-order valence-electron chi connectivity index (χ1n) is 16.2. The summed E-state index contributed by atoms with van der Waals surface area (Å²) in [6.07, 6.45) is 0. The lowest BCUT2D eigenvalue weighted by Crippen LogP contribution is -1.96. The van der Waals surface area contributed by atoms with Crippen molar-refractivity contribution in [2.24, 2.45) is 0 Å². The molecular formula is C44H27N3O. The van der Waals surface area contributed by atoms with Crippen LogP contribution in [0.1, 0.15) is 0 Å². The third kappa shape index (κ3) is 4.10. The smallest absolute Gasteiger partial charge is 0.164 e. The van der Waals surface area contributed by atoms with E-state index in [1.165, 1.54) is 16.2 Å². The molecule has 0 spiro atoms. The first-order chi connectivity index (χ1) is 23.8. The Labute approximate surface area is 276 Å². The van der Waals surface area contributed by atoms with Crippen LogP contribution in [-0.4, -0.2) is 14.5 Å². The molecule has 3 aromatic heterocycles. The van der Waals surface area contributed by atoms with Crippen LogP contribution in [0.15, 0.2) is 168 Å². The van der Waals surface area contributed by atoms with E-state index in [1.807, 2.05) is 36.4 Å². The fraction of sp³-hybridized carbons (Fsp3) is 0. The minimum atomic E-state index is 0.631. The van der Waals surface area contributed by atoms with Crippen LogP contribution in [0.25, 0.3) is 94.1 Å². The van der Waals surface area contributed by atoms with Gasteiger partial charge in [0.05, 0.1) is 28.0 Å². The number of fused-ring (bicyclic) bond motifs is 8. The Bertz CT molecular complexity index is 2770. The van der Waals surface area contributed by atoms with E-state index in [2.05, 4.69) is 132 Å². The zero-order valence-electron chi connectivity index (χ0n) is 25.8. The van der Waals surface area contributed by atoms with Gasteiger partial charge in [-0.05, 0) is 47.2 Å². The molecule has 0 aliphatic heterocycles. The Morgan fingerprint density at radius 2 is 1.06 bits per heavy atom. The Morgan fingerprint density at radius 1 is 0.438 bits per heavy atom. The Morgan fingerprint density at radius 3 is 1.83 bits per heavy atom. The summed E-state index contributed by atoms with van der Waals surface area (Å²) in [7, 11) is 0. The van der Waals surface area contributed by atoms with Gasteiger partial charge in [0.1, 0.15) is 5.58 Å². The van der Waals surface area contributed by atoms with E-state index in [0.717, 1.165) is 72.1 Å². The molecule has 0 amide bonds. The minimum absolute atomic E-state index is 0.631. The Hall–Kier alpha value is -6.52. The second-order valence-electron chi connectivity index (χ2n) is 12.2. The molecule has 0 saturated carbocycles. The summed E-state index contributed by atoms with van der Waals surface area (Å²) in [5.74, 6) is 0.631. The average molecular weight is 614 g/mol. The standard InChI is InChI=1S/C44H27N3O/c1-3-13-29(14-4-1)38-27-39(30-15-5-2-6-16-30)46-44(45-38)37-20-11-19-35-36-25-24-34-33-18-9-10-21-40(33)47(41(34)43(36)48-42(35)37)32-23-22-28-12-7-8-17-31(28)26-32/h1-27H. The summed E-state index contributed by atoms with van der Waals surface area (Å²) in [6.45, 7) is 0.